The summed E-state index contributed by atoms with van der Waals surface area (Å²) >= 11 is 0. The zero-order valence-electron chi connectivity index (χ0n) is 16.1. The first-order valence-electron chi connectivity index (χ1n) is 8.70. The molecule has 0 aliphatic carbocycles. The van der Waals surface area contributed by atoms with Crippen LogP contribution in [0.5, 0.6) is 0 Å². The third kappa shape index (κ3) is 3.62. The Morgan fingerprint density at radius 2 is 2.11 bits per heavy atom. The average Bonchev–Trinajstić information content (AvgIpc) is 3.05. The standard InChI is InChI=1S/C20H24N6O/c1-6-14-9-15(20(24-21)27-13(2)3)7-8-17(14)26(5)19-10-18-16(11-22-19)23-12-25(18)4/h7-12H,2,6,21H2,1,3-5H3/b24-20-. The van der Waals surface area contributed by atoms with E-state index in [1.54, 1.807) is 19.4 Å². The summed E-state index contributed by atoms with van der Waals surface area (Å²) in [5, 5.41) is 3.74. The van der Waals surface area contributed by atoms with Crippen LogP contribution in [0.4, 0.5) is 11.5 Å². The molecule has 7 heteroatoms. The predicted molar refractivity (Wildman–Crippen MR) is 109 cm³/mol. The second-order valence-corrected chi connectivity index (χ2v) is 6.38. The van der Waals surface area contributed by atoms with E-state index in [9.17, 15) is 0 Å². The molecule has 27 heavy (non-hydrogen) atoms. The Labute approximate surface area is 158 Å². The van der Waals surface area contributed by atoms with Crippen LogP contribution in [0.2, 0.25) is 0 Å². The van der Waals surface area contributed by atoms with Crippen LogP contribution in [0, 0.1) is 0 Å². The molecule has 2 N–H and O–H groups in total. The van der Waals surface area contributed by atoms with E-state index in [1.165, 1.54) is 0 Å². The van der Waals surface area contributed by atoms with E-state index in [-0.39, 0.29) is 0 Å². The molecular weight excluding hydrogens is 340 g/mol. The van der Waals surface area contributed by atoms with E-state index in [2.05, 4.69) is 33.5 Å². The molecule has 2 aromatic heterocycles. The van der Waals surface area contributed by atoms with Gasteiger partial charge in [-0.25, -0.2) is 9.97 Å². The van der Waals surface area contributed by atoms with Crippen molar-refractivity contribution in [2.75, 3.05) is 11.9 Å². The largest absolute Gasteiger partial charge is 0.443 e. The maximum Gasteiger partial charge on any atom is 0.242 e. The van der Waals surface area contributed by atoms with Gasteiger partial charge in [0.25, 0.3) is 0 Å². The second-order valence-electron chi connectivity index (χ2n) is 6.38. The molecule has 140 valence electrons. The number of pyridine rings is 1. The quantitative estimate of drug-likeness (QED) is 0.246. The number of aryl methyl sites for hydroxylation is 2. The van der Waals surface area contributed by atoms with Crippen LogP contribution in [0.25, 0.3) is 11.0 Å². The fraction of sp³-hybridized carbons (Fsp3) is 0.250. The number of hydrogen-bond acceptors (Lipinski definition) is 6. The molecule has 7 nitrogen and oxygen atoms in total. The minimum absolute atomic E-state index is 0.348. The lowest BCUT2D eigenvalue weighted by Crippen LogP contribution is -2.15. The summed E-state index contributed by atoms with van der Waals surface area (Å²) in [7, 11) is 3.97. The number of fused-ring (bicyclic) bond motifs is 1. The Kier molecular flexibility index (Phi) is 5.12. The number of hydrogen-bond donors (Lipinski definition) is 1. The van der Waals surface area contributed by atoms with E-state index in [0.29, 0.717) is 11.7 Å². The van der Waals surface area contributed by atoms with Gasteiger partial charge in [0.15, 0.2) is 0 Å². The van der Waals surface area contributed by atoms with Gasteiger partial charge in [0.05, 0.1) is 23.8 Å². The van der Waals surface area contributed by atoms with Gasteiger partial charge in [0.2, 0.25) is 5.90 Å². The Morgan fingerprint density at radius 1 is 1.33 bits per heavy atom. The summed E-state index contributed by atoms with van der Waals surface area (Å²) in [6, 6.07) is 8.02. The summed E-state index contributed by atoms with van der Waals surface area (Å²) in [5.74, 6) is 7.21. The Bertz CT molecular complexity index is 1020. The predicted octanol–water partition coefficient (Wildman–Crippen LogP) is 3.47. The summed E-state index contributed by atoms with van der Waals surface area (Å²) in [4.78, 5) is 10.9. The fourth-order valence-electron chi connectivity index (χ4n) is 2.98. The second kappa shape index (κ2) is 7.49. The number of nitrogens with two attached hydrogens (primary N) is 1. The molecule has 0 radical (unpaired) electrons. The molecule has 3 rings (SSSR count). The number of benzene rings is 1. The third-order valence-electron chi connectivity index (χ3n) is 4.40. The monoisotopic (exact) mass is 364 g/mol. The number of rotatable bonds is 5. The van der Waals surface area contributed by atoms with Crippen LogP contribution >= 0.6 is 0 Å². The van der Waals surface area contributed by atoms with E-state index in [0.717, 1.165) is 40.1 Å². The number of anilines is 2. The molecule has 0 saturated carbocycles. The summed E-state index contributed by atoms with van der Waals surface area (Å²) in [5.41, 5.74) is 4.91. The lowest BCUT2D eigenvalue weighted by Gasteiger charge is -2.22. The SMILES string of the molecule is C=C(C)O/C(=N\N)c1ccc(N(C)c2cc3c(cn2)ncn3C)c(CC)c1. The maximum absolute atomic E-state index is 5.52. The van der Waals surface area contributed by atoms with Crippen molar-refractivity contribution >= 4 is 28.4 Å². The molecule has 0 spiro atoms. The average molecular weight is 364 g/mol. The Hall–Kier alpha value is -3.35. The van der Waals surface area contributed by atoms with E-state index in [4.69, 9.17) is 10.6 Å². The molecule has 0 aliphatic heterocycles. The van der Waals surface area contributed by atoms with Crippen molar-refractivity contribution in [2.24, 2.45) is 18.0 Å². The molecule has 0 aliphatic rings. The lowest BCUT2D eigenvalue weighted by molar-refractivity contribution is 0.419. The number of aromatic nitrogens is 3. The molecule has 0 fully saturated rings. The zero-order valence-corrected chi connectivity index (χ0v) is 16.1. The topological polar surface area (TPSA) is 81.6 Å². The number of imidazole rings is 1. The van der Waals surface area contributed by atoms with Crippen molar-refractivity contribution in [3.63, 3.8) is 0 Å². The third-order valence-corrected chi connectivity index (χ3v) is 4.40. The highest BCUT2D eigenvalue weighted by Gasteiger charge is 2.14. The van der Waals surface area contributed by atoms with Crippen molar-refractivity contribution in [3.8, 4) is 0 Å². The number of hydrazone groups is 1. The number of nitrogens with zero attached hydrogens (tertiary/aromatic N) is 5. The van der Waals surface area contributed by atoms with E-state index < -0.39 is 0 Å². The summed E-state index contributed by atoms with van der Waals surface area (Å²) < 4.78 is 7.50. The van der Waals surface area contributed by atoms with Crippen LogP contribution in [0.3, 0.4) is 0 Å². The lowest BCUT2D eigenvalue weighted by atomic mass is 10.1. The molecule has 0 bridgehead atoms. The van der Waals surface area contributed by atoms with Crippen LogP contribution < -0.4 is 10.7 Å². The van der Waals surface area contributed by atoms with Crippen molar-refractivity contribution < 1.29 is 4.74 Å². The highest BCUT2D eigenvalue weighted by Crippen LogP contribution is 2.29. The van der Waals surface area contributed by atoms with Gasteiger partial charge in [-0.15, -0.1) is 5.10 Å². The van der Waals surface area contributed by atoms with Crippen LogP contribution in [0.15, 0.2) is 54.2 Å². The number of allylic oxidation sites excluding steroid dienone is 1. The first kappa shape index (κ1) is 18.4. The highest BCUT2D eigenvalue weighted by molar-refractivity contribution is 5.95. The van der Waals surface area contributed by atoms with Gasteiger partial charge in [0.1, 0.15) is 11.3 Å². The van der Waals surface area contributed by atoms with E-state index in [1.807, 2.05) is 42.9 Å². The van der Waals surface area contributed by atoms with Gasteiger partial charge in [-0.2, -0.15) is 0 Å². The minimum Gasteiger partial charge on any atom is -0.443 e. The zero-order chi connectivity index (χ0) is 19.6. The minimum atomic E-state index is 0.348. The molecule has 2 heterocycles. The van der Waals surface area contributed by atoms with Gasteiger partial charge < -0.3 is 20.0 Å². The van der Waals surface area contributed by atoms with Crippen LogP contribution in [-0.2, 0) is 18.2 Å². The molecule has 1 aromatic carbocycles. The Balaban J connectivity index is 1.99. The first-order valence-corrected chi connectivity index (χ1v) is 8.70. The van der Waals surface area contributed by atoms with Gasteiger partial charge >= 0.3 is 0 Å². The van der Waals surface area contributed by atoms with Crippen LogP contribution in [-0.4, -0.2) is 27.5 Å². The van der Waals surface area contributed by atoms with Gasteiger partial charge in [-0.1, -0.05) is 13.5 Å². The molecule has 3 aromatic rings. The molecule has 0 atom stereocenters. The van der Waals surface area contributed by atoms with Gasteiger partial charge in [-0.3, -0.25) is 0 Å². The Morgan fingerprint density at radius 3 is 2.78 bits per heavy atom. The first-order chi connectivity index (χ1) is 12.9. The van der Waals surface area contributed by atoms with Crippen LogP contribution in [0.1, 0.15) is 25.0 Å². The van der Waals surface area contributed by atoms with Crippen molar-refractivity contribution in [3.05, 3.63) is 60.3 Å². The molecule has 0 amide bonds. The smallest absolute Gasteiger partial charge is 0.242 e. The highest BCUT2D eigenvalue weighted by atomic mass is 16.5. The normalized spacial score (nSPS) is 11.6. The number of ether oxygens (including phenoxy) is 1. The molecule has 0 unspecified atom stereocenters. The summed E-state index contributed by atoms with van der Waals surface area (Å²) in [6.07, 6.45) is 4.42. The van der Waals surface area contributed by atoms with Crippen molar-refractivity contribution in [1.29, 1.82) is 0 Å². The van der Waals surface area contributed by atoms with Gasteiger partial charge in [-0.05, 0) is 37.1 Å². The van der Waals surface area contributed by atoms with Crippen molar-refractivity contribution in [1.82, 2.24) is 14.5 Å². The van der Waals surface area contributed by atoms with Gasteiger partial charge in [0, 0.05) is 31.4 Å². The van der Waals surface area contributed by atoms with Crippen molar-refractivity contribution in [2.45, 2.75) is 20.3 Å². The summed E-state index contributed by atoms with van der Waals surface area (Å²) in [6.45, 7) is 7.60. The fourth-order valence-corrected chi connectivity index (χ4v) is 2.98. The molecular formula is C20H24N6O. The van der Waals surface area contributed by atoms with E-state index >= 15 is 0 Å². The maximum atomic E-state index is 5.52. The molecule has 0 saturated heterocycles.